The van der Waals surface area contributed by atoms with E-state index in [2.05, 4.69) is 4.98 Å². The molecule has 0 aliphatic rings. The van der Waals surface area contributed by atoms with E-state index >= 15 is 0 Å². The van der Waals surface area contributed by atoms with Crippen LogP contribution in [0, 0.1) is 0 Å². The van der Waals surface area contributed by atoms with Crippen molar-refractivity contribution in [1.82, 2.24) is 4.98 Å². The van der Waals surface area contributed by atoms with Gasteiger partial charge in [-0.25, -0.2) is 0 Å². The molecule has 0 saturated carbocycles. The van der Waals surface area contributed by atoms with Crippen molar-refractivity contribution in [2.75, 3.05) is 0 Å². The highest BCUT2D eigenvalue weighted by Crippen LogP contribution is 2.51. The fourth-order valence-corrected chi connectivity index (χ4v) is 3.06. The third-order valence-corrected chi connectivity index (χ3v) is 4.24. The summed E-state index contributed by atoms with van der Waals surface area (Å²) in [5.41, 5.74) is -2.56. The number of rotatable bonds is 4. The van der Waals surface area contributed by atoms with Gasteiger partial charge in [-0.3, -0.25) is 4.98 Å². The van der Waals surface area contributed by atoms with E-state index in [9.17, 15) is 18.3 Å². The van der Waals surface area contributed by atoms with E-state index in [1.165, 1.54) is 48.8 Å². The Morgan fingerprint density at radius 1 is 0.720 bits per heavy atom. The van der Waals surface area contributed by atoms with Gasteiger partial charge in [0.1, 0.15) is 0 Å². The van der Waals surface area contributed by atoms with Gasteiger partial charge < -0.3 is 5.11 Å². The molecule has 0 spiro atoms. The van der Waals surface area contributed by atoms with Crippen molar-refractivity contribution >= 4 is 0 Å². The van der Waals surface area contributed by atoms with Gasteiger partial charge in [0, 0.05) is 12.4 Å². The zero-order chi connectivity index (χ0) is 17.9. The number of pyridine rings is 1. The van der Waals surface area contributed by atoms with E-state index in [1.807, 2.05) is 0 Å². The molecule has 0 unspecified atom stereocenters. The normalized spacial score (nSPS) is 15.4. The van der Waals surface area contributed by atoms with Crippen LogP contribution >= 0.6 is 0 Å². The Kier molecular flexibility index (Phi) is 4.59. The molecule has 1 aromatic heterocycles. The lowest BCUT2D eigenvalue weighted by Crippen LogP contribution is -2.47. The first-order chi connectivity index (χ1) is 11.9. The minimum Gasteiger partial charge on any atom is -0.376 e. The number of nitrogens with zero attached hydrogens (tertiary/aromatic N) is 1. The van der Waals surface area contributed by atoms with E-state index in [-0.39, 0.29) is 5.56 Å². The van der Waals surface area contributed by atoms with Gasteiger partial charge in [-0.05, 0) is 28.8 Å². The Bertz CT molecular complexity index is 767. The van der Waals surface area contributed by atoms with E-state index in [4.69, 9.17) is 0 Å². The molecule has 5 heteroatoms. The molecule has 1 N–H and O–H groups in total. The first-order valence-electron chi connectivity index (χ1n) is 7.74. The van der Waals surface area contributed by atoms with Gasteiger partial charge >= 0.3 is 6.18 Å². The van der Waals surface area contributed by atoms with Crippen LogP contribution in [0.25, 0.3) is 0 Å². The Morgan fingerprint density at radius 2 is 1.20 bits per heavy atom. The fraction of sp³-hybridized carbons (Fsp3) is 0.150. The maximum Gasteiger partial charge on any atom is 0.422 e. The first-order valence-corrected chi connectivity index (χ1v) is 7.74. The van der Waals surface area contributed by atoms with Crippen LogP contribution in [0.4, 0.5) is 13.2 Å². The molecule has 2 nitrogen and oxygen atoms in total. The van der Waals surface area contributed by atoms with Gasteiger partial charge in [-0.1, -0.05) is 60.7 Å². The highest BCUT2D eigenvalue weighted by molar-refractivity contribution is 5.41. The largest absolute Gasteiger partial charge is 0.422 e. The highest BCUT2D eigenvalue weighted by atomic mass is 19.4. The number of hydrogen-bond acceptors (Lipinski definition) is 2. The zero-order valence-electron chi connectivity index (χ0n) is 13.2. The first kappa shape index (κ1) is 17.2. The van der Waals surface area contributed by atoms with Crippen LogP contribution in [-0.2, 0) is 5.60 Å². The number of benzene rings is 2. The van der Waals surface area contributed by atoms with Crippen LogP contribution in [0.15, 0.2) is 85.2 Å². The molecule has 0 amide bonds. The molecule has 0 saturated heterocycles. The number of halogens is 3. The van der Waals surface area contributed by atoms with Gasteiger partial charge in [-0.2, -0.15) is 13.2 Å². The third kappa shape index (κ3) is 3.15. The highest BCUT2D eigenvalue weighted by Gasteiger charge is 2.60. The van der Waals surface area contributed by atoms with Gasteiger partial charge in [0.05, 0.1) is 5.92 Å². The van der Waals surface area contributed by atoms with Gasteiger partial charge in [0.2, 0.25) is 0 Å². The molecule has 0 aliphatic heterocycles. The van der Waals surface area contributed by atoms with Crippen LogP contribution in [0.1, 0.15) is 22.6 Å². The van der Waals surface area contributed by atoms with Gasteiger partial charge in [0.25, 0.3) is 0 Å². The summed E-state index contributed by atoms with van der Waals surface area (Å²) in [7, 11) is 0. The van der Waals surface area contributed by atoms with Crippen LogP contribution in [0.3, 0.4) is 0 Å². The molecule has 25 heavy (non-hydrogen) atoms. The van der Waals surface area contributed by atoms with Crippen molar-refractivity contribution in [3.63, 3.8) is 0 Å². The van der Waals surface area contributed by atoms with E-state index in [0.717, 1.165) is 0 Å². The molecule has 0 bridgehead atoms. The predicted octanol–water partition coefficient (Wildman–Crippen LogP) is 4.66. The van der Waals surface area contributed by atoms with Crippen molar-refractivity contribution in [1.29, 1.82) is 0 Å². The summed E-state index contributed by atoms with van der Waals surface area (Å²) in [6, 6.07) is 18.4. The lowest BCUT2D eigenvalue weighted by molar-refractivity contribution is -0.272. The minimum absolute atomic E-state index is 0.201. The van der Waals surface area contributed by atoms with E-state index in [1.54, 1.807) is 36.4 Å². The molecule has 3 rings (SSSR count). The predicted molar refractivity (Wildman–Crippen MR) is 88.9 cm³/mol. The molecule has 2 aromatic carbocycles. The second-order valence-electron chi connectivity index (χ2n) is 5.75. The second kappa shape index (κ2) is 6.69. The van der Waals surface area contributed by atoms with Gasteiger partial charge in [-0.15, -0.1) is 0 Å². The second-order valence-corrected chi connectivity index (χ2v) is 5.75. The molecule has 3 aromatic rings. The summed E-state index contributed by atoms with van der Waals surface area (Å²) in [4.78, 5) is 3.88. The minimum atomic E-state index is -4.88. The number of aliphatic hydroxyl groups is 1. The summed E-state index contributed by atoms with van der Waals surface area (Å²) in [6.45, 7) is 0. The quantitative estimate of drug-likeness (QED) is 0.747. The molecular weight excluding hydrogens is 327 g/mol. The molecular formula is C20H16F3NO. The number of aromatic nitrogens is 1. The smallest absolute Gasteiger partial charge is 0.376 e. The molecule has 0 fully saturated rings. The molecule has 0 aliphatic carbocycles. The molecule has 2 atom stereocenters. The SMILES string of the molecule is O[C@](c1ccccc1)([C@H](c1ccccc1)c1ccncc1)C(F)(F)F. The van der Waals surface area contributed by atoms with Crippen LogP contribution in [0.5, 0.6) is 0 Å². The van der Waals surface area contributed by atoms with Crippen LogP contribution in [-0.4, -0.2) is 16.3 Å². The maximum absolute atomic E-state index is 14.1. The summed E-state index contributed by atoms with van der Waals surface area (Å²) in [5.74, 6) is -1.32. The monoisotopic (exact) mass is 343 g/mol. The van der Waals surface area contributed by atoms with E-state index in [0.29, 0.717) is 11.1 Å². The average Bonchev–Trinajstić information content (AvgIpc) is 2.63. The van der Waals surface area contributed by atoms with Crippen molar-refractivity contribution in [3.05, 3.63) is 102 Å². The van der Waals surface area contributed by atoms with Crippen molar-refractivity contribution in [3.8, 4) is 0 Å². The lowest BCUT2D eigenvalue weighted by Gasteiger charge is -2.38. The topological polar surface area (TPSA) is 33.1 Å². The summed E-state index contributed by atoms with van der Waals surface area (Å²) >= 11 is 0. The fourth-order valence-electron chi connectivity index (χ4n) is 3.06. The Morgan fingerprint density at radius 3 is 1.72 bits per heavy atom. The standard InChI is InChI=1S/C20H16F3NO/c21-20(22,23)19(25,17-9-5-2-6-10-17)18(15-7-3-1-4-8-15)16-11-13-24-14-12-16/h1-14,18,25H/t18-,19-/m1/s1. The number of alkyl halides is 3. The zero-order valence-corrected chi connectivity index (χ0v) is 13.2. The van der Waals surface area contributed by atoms with Crippen molar-refractivity contribution in [2.24, 2.45) is 0 Å². The molecule has 1 heterocycles. The maximum atomic E-state index is 14.1. The molecule has 0 radical (unpaired) electrons. The Hall–Kier alpha value is -2.66. The third-order valence-electron chi connectivity index (χ3n) is 4.24. The molecule has 128 valence electrons. The van der Waals surface area contributed by atoms with Gasteiger partial charge in [0.15, 0.2) is 5.60 Å². The summed E-state index contributed by atoms with van der Waals surface area (Å²) < 4.78 is 42.4. The lowest BCUT2D eigenvalue weighted by atomic mass is 9.73. The van der Waals surface area contributed by atoms with Crippen LogP contribution < -0.4 is 0 Å². The summed E-state index contributed by atoms with van der Waals surface area (Å²) in [5, 5.41) is 11.0. The Balaban J connectivity index is 2.29. The Labute approximate surface area is 143 Å². The van der Waals surface area contributed by atoms with E-state index < -0.39 is 17.7 Å². The average molecular weight is 343 g/mol. The number of hydrogen-bond donors (Lipinski definition) is 1. The van der Waals surface area contributed by atoms with Crippen LogP contribution in [0.2, 0.25) is 0 Å². The summed E-state index contributed by atoms with van der Waals surface area (Å²) in [6.07, 6.45) is -2.03. The van der Waals surface area contributed by atoms with Crippen molar-refractivity contribution < 1.29 is 18.3 Å². The van der Waals surface area contributed by atoms with Crippen molar-refractivity contribution in [2.45, 2.75) is 17.7 Å².